The number of nitrogens with zero attached hydrogens (tertiary/aromatic N) is 4. The molecular weight excluding hydrogens is 330 g/mol. The molecule has 0 atom stereocenters. The number of hydrogen-bond acceptors (Lipinski definition) is 4. The molecular formula is C15H14BrN5. The molecule has 0 radical (unpaired) electrons. The van der Waals surface area contributed by atoms with Gasteiger partial charge in [0.25, 0.3) is 0 Å². The number of aryl methyl sites for hydroxylation is 2. The average Bonchev–Trinajstić information content (AvgIpc) is 2.93. The van der Waals surface area contributed by atoms with Crippen LogP contribution in [0.1, 0.15) is 11.1 Å². The van der Waals surface area contributed by atoms with Crippen molar-refractivity contribution in [2.24, 2.45) is 0 Å². The second kappa shape index (κ2) is 5.29. The third kappa shape index (κ3) is 2.42. The molecule has 0 saturated heterocycles. The van der Waals surface area contributed by atoms with Crippen molar-refractivity contribution in [3.63, 3.8) is 0 Å². The Balaban J connectivity index is 2.22. The molecule has 1 aromatic heterocycles. The lowest BCUT2D eigenvalue weighted by Gasteiger charge is -2.10. The van der Waals surface area contributed by atoms with E-state index in [4.69, 9.17) is 5.73 Å². The van der Waals surface area contributed by atoms with E-state index in [2.05, 4.69) is 49.7 Å². The van der Waals surface area contributed by atoms with Crippen molar-refractivity contribution in [1.82, 2.24) is 20.2 Å². The van der Waals surface area contributed by atoms with Gasteiger partial charge in [-0.25, -0.2) is 0 Å². The fourth-order valence-electron chi connectivity index (χ4n) is 2.19. The number of aromatic nitrogens is 4. The fraction of sp³-hybridized carbons (Fsp3) is 0.133. The number of hydrogen-bond donors (Lipinski definition) is 1. The maximum atomic E-state index is 5.94. The molecule has 3 aromatic rings. The molecule has 3 rings (SSSR count). The van der Waals surface area contributed by atoms with Gasteiger partial charge in [-0.3, -0.25) is 0 Å². The molecule has 0 amide bonds. The third-order valence-electron chi connectivity index (χ3n) is 3.33. The lowest BCUT2D eigenvalue weighted by Crippen LogP contribution is -2.03. The first-order valence-electron chi connectivity index (χ1n) is 6.48. The first-order valence-corrected chi connectivity index (χ1v) is 7.27. The molecule has 0 unspecified atom stereocenters. The minimum Gasteiger partial charge on any atom is -0.398 e. The topological polar surface area (TPSA) is 69.6 Å². The van der Waals surface area contributed by atoms with Crippen molar-refractivity contribution in [3.8, 4) is 17.1 Å². The predicted molar refractivity (Wildman–Crippen MR) is 86.2 cm³/mol. The number of tetrazole rings is 1. The highest BCUT2D eigenvalue weighted by Gasteiger charge is 2.16. The summed E-state index contributed by atoms with van der Waals surface area (Å²) in [6, 6.07) is 11.9. The number of rotatable bonds is 2. The van der Waals surface area contributed by atoms with Gasteiger partial charge < -0.3 is 5.73 Å². The number of nitrogen functional groups attached to an aromatic ring is 1. The number of anilines is 1. The summed E-state index contributed by atoms with van der Waals surface area (Å²) >= 11 is 3.51. The minimum absolute atomic E-state index is 0.655. The summed E-state index contributed by atoms with van der Waals surface area (Å²) in [5.74, 6) is 0.655. The standard InChI is InChI=1S/C15H14BrN5/c1-9-6-7-10(2)13(8-9)21-15(18-19-20-21)11-4-3-5-12(17)14(11)16/h3-8H,17H2,1-2H3. The highest BCUT2D eigenvalue weighted by Crippen LogP contribution is 2.32. The number of halogens is 1. The lowest BCUT2D eigenvalue weighted by atomic mass is 10.1. The normalized spacial score (nSPS) is 10.8. The molecule has 6 heteroatoms. The van der Waals surface area contributed by atoms with E-state index in [0.29, 0.717) is 11.5 Å². The molecule has 21 heavy (non-hydrogen) atoms. The molecule has 5 nitrogen and oxygen atoms in total. The van der Waals surface area contributed by atoms with Crippen LogP contribution in [0.25, 0.3) is 17.1 Å². The summed E-state index contributed by atoms with van der Waals surface area (Å²) in [6.45, 7) is 4.08. The van der Waals surface area contributed by atoms with E-state index in [0.717, 1.165) is 26.9 Å². The highest BCUT2D eigenvalue weighted by molar-refractivity contribution is 9.10. The van der Waals surface area contributed by atoms with Gasteiger partial charge in [0.1, 0.15) is 0 Å². The quantitative estimate of drug-likeness (QED) is 0.725. The summed E-state index contributed by atoms with van der Waals surface area (Å²) in [7, 11) is 0. The summed E-state index contributed by atoms with van der Waals surface area (Å²) in [5.41, 5.74) is 10.7. The van der Waals surface area contributed by atoms with E-state index < -0.39 is 0 Å². The zero-order valence-corrected chi connectivity index (χ0v) is 13.3. The first kappa shape index (κ1) is 13.8. The van der Waals surface area contributed by atoms with Gasteiger partial charge in [0.05, 0.1) is 10.2 Å². The molecule has 0 aliphatic carbocycles. The Labute approximate surface area is 130 Å². The van der Waals surface area contributed by atoms with Crippen LogP contribution in [0, 0.1) is 13.8 Å². The van der Waals surface area contributed by atoms with Gasteiger partial charge in [-0.1, -0.05) is 18.2 Å². The van der Waals surface area contributed by atoms with Gasteiger partial charge in [0.15, 0.2) is 5.82 Å². The Hall–Kier alpha value is -2.21. The molecule has 0 aliphatic heterocycles. The van der Waals surface area contributed by atoms with Gasteiger partial charge in [-0.2, -0.15) is 4.68 Å². The van der Waals surface area contributed by atoms with Crippen LogP contribution in [-0.4, -0.2) is 20.2 Å². The smallest absolute Gasteiger partial charge is 0.188 e. The molecule has 2 aromatic carbocycles. The number of nitrogens with two attached hydrogens (primary N) is 1. The molecule has 106 valence electrons. The molecule has 0 spiro atoms. The van der Waals surface area contributed by atoms with Crippen LogP contribution >= 0.6 is 15.9 Å². The van der Waals surface area contributed by atoms with Crippen LogP contribution in [0.5, 0.6) is 0 Å². The second-order valence-corrected chi connectivity index (χ2v) is 5.71. The minimum atomic E-state index is 0.655. The van der Waals surface area contributed by atoms with E-state index >= 15 is 0 Å². The molecule has 0 fully saturated rings. The maximum absolute atomic E-state index is 5.94. The van der Waals surface area contributed by atoms with Crippen molar-refractivity contribution in [2.45, 2.75) is 13.8 Å². The fourth-order valence-corrected chi connectivity index (χ4v) is 2.63. The van der Waals surface area contributed by atoms with E-state index in [1.165, 1.54) is 0 Å². The first-order chi connectivity index (χ1) is 10.1. The summed E-state index contributed by atoms with van der Waals surface area (Å²) < 4.78 is 2.54. The Morgan fingerprint density at radius 1 is 1.14 bits per heavy atom. The van der Waals surface area contributed by atoms with Crippen LogP contribution in [0.15, 0.2) is 40.9 Å². The van der Waals surface area contributed by atoms with Crippen molar-refractivity contribution in [2.75, 3.05) is 5.73 Å². The molecule has 1 heterocycles. The third-order valence-corrected chi connectivity index (χ3v) is 4.22. The lowest BCUT2D eigenvalue weighted by molar-refractivity contribution is 0.787. The van der Waals surface area contributed by atoms with Crippen LogP contribution in [0.3, 0.4) is 0 Å². The van der Waals surface area contributed by atoms with Crippen LogP contribution < -0.4 is 5.73 Å². The van der Waals surface area contributed by atoms with Gasteiger partial charge in [0.2, 0.25) is 0 Å². The van der Waals surface area contributed by atoms with Gasteiger partial charge in [-0.15, -0.1) is 5.10 Å². The van der Waals surface area contributed by atoms with E-state index in [1.54, 1.807) is 4.68 Å². The zero-order chi connectivity index (χ0) is 15.0. The van der Waals surface area contributed by atoms with E-state index in [-0.39, 0.29) is 0 Å². The summed E-state index contributed by atoms with van der Waals surface area (Å²) in [5, 5.41) is 12.1. The largest absolute Gasteiger partial charge is 0.398 e. The SMILES string of the molecule is Cc1ccc(C)c(-n2nnnc2-c2cccc(N)c2Br)c1. The summed E-state index contributed by atoms with van der Waals surface area (Å²) in [4.78, 5) is 0. The maximum Gasteiger partial charge on any atom is 0.188 e. The molecule has 0 saturated carbocycles. The van der Waals surface area contributed by atoms with Gasteiger partial charge in [-0.05, 0) is 69.5 Å². The Bertz CT molecular complexity index is 793. The number of benzene rings is 2. The molecule has 2 N–H and O–H groups in total. The van der Waals surface area contributed by atoms with E-state index in [1.807, 2.05) is 32.0 Å². The Kier molecular flexibility index (Phi) is 3.47. The van der Waals surface area contributed by atoms with Crippen molar-refractivity contribution in [3.05, 3.63) is 52.0 Å². The van der Waals surface area contributed by atoms with Crippen molar-refractivity contribution < 1.29 is 0 Å². The summed E-state index contributed by atoms with van der Waals surface area (Å²) in [6.07, 6.45) is 0. The Morgan fingerprint density at radius 2 is 1.95 bits per heavy atom. The predicted octanol–water partition coefficient (Wildman–Crippen LogP) is 3.29. The van der Waals surface area contributed by atoms with Gasteiger partial charge >= 0.3 is 0 Å². The zero-order valence-electron chi connectivity index (χ0n) is 11.7. The van der Waals surface area contributed by atoms with Crippen molar-refractivity contribution >= 4 is 21.6 Å². The monoisotopic (exact) mass is 343 g/mol. The highest BCUT2D eigenvalue weighted by atomic mass is 79.9. The average molecular weight is 344 g/mol. The molecule has 0 bridgehead atoms. The van der Waals surface area contributed by atoms with Crippen LogP contribution in [0.2, 0.25) is 0 Å². The van der Waals surface area contributed by atoms with Gasteiger partial charge in [0, 0.05) is 11.3 Å². The van der Waals surface area contributed by atoms with Crippen LogP contribution in [-0.2, 0) is 0 Å². The second-order valence-electron chi connectivity index (χ2n) is 4.91. The Morgan fingerprint density at radius 3 is 2.76 bits per heavy atom. The van der Waals surface area contributed by atoms with Crippen LogP contribution in [0.4, 0.5) is 5.69 Å². The van der Waals surface area contributed by atoms with Crippen molar-refractivity contribution in [1.29, 1.82) is 0 Å². The van der Waals surface area contributed by atoms with E-state index in [9.17, 15) is 0 Å². The molecule has 0 aliphatic rings.